The smallest absolute Gasteiger partial charge is 0.305 e. The topological polar surface area (TPSA) is 66.8 Å². The molecule has 1 aromatic rings. The highest BCUT2D eigenvalue weighted by Crippen LogP contribution is 2.22. The molecular formula is C17H23NO4S. The summed E-state index contributed by atoms with van der Waals surface area (Å²) in [5, 5.41) is 9.00. The van der Waals surface area contributed by atoms with Gasteiger partial charge < -0.3 is 14.7 Å². The first-order valence-electron chi connectivity index (χ1n) is 7.86. The van der Waals surface area contributed by atoms with E-state index < -0.39 is 5.97 Å². The summed E-state index contributed by atoms with van der Waals surface area (Å²) < 4.78 is 5.64. The highest BCUT2D eigenvalue weighted by atomic mass is 32.2. The molecule has 126 valence electrons. The number of carbonyl (C=O) groups is 2. The number of carboxylic acid groups (broad SMARTS) is 1. The van der Waals surface area contributed by atoms with Gasteiger partial charge in [-0.2, -0.15) is 11.8 Å². The van der Waals surface area contributed by atoms with Gasteiger partial charge in [-0.05, 0) is 18.6 Å². The van der Waals surface area contributed by atoms with Crippen molar-refractivity contribution >= 4 is 23.6 Å². The minimum Gasteiger partial charge on any atom is -0.494 e. The van der Waals surface area contributed by atoms with E-state index in [1.165, 1.54) is 0 Å². The maximum absolute atomic E-state index is 12.6. The first-order chi connectivity index (χ1) is 11.1. The molecule has 0 bridgehead atoms. The van der Waals surface area contributed by atoms with Gasteiger partial charge in [-0.15, -0.1) is 0 Å². The van der Waals surface area contributed by atoms with Gasteiger partial charge in [0, 0.05) is 24.0 Å². The average Bonchev–Trinajstić information content (AvgIpc) is 2.55. The van der Waals surface area contributed by atoms with E-state index in [-0.39, 0.29) is 24.3 Å². The van der Waals surface area contributed by atoms with E-state index in [2.05, 4.69) is 0 Å². The van der Waals surface area contributed by atoms with E-state index in [4.69, 9.17) is 9.84 Å². The Bertz CT molecular complexity index is 523. The number of ether oxygens (including phenoxy) is 1. The molecule has 0 aliphatic carbocycles. The highest BCUT2D eigenvalue weighted by molar-refractivity contribution is 7.99. The molecule has 1 aliphatic rings. The molecule has 23 heavy (non-hydrogen) atoms. The summed E-state index contributed by atoms with van der Waals surface area (Å²) in [5.74, 6) is 1.38. The lowest BCUT2D eigenvalue weighted by Crippen LogP contribution is -2.49. The molecule has 5 nitrogen and oxygen atoms in total. The van der Waals surface area contributed by atoms with Crippen LogP contribution >= 0.6 is 11.8 Å². The third-order valence-electron chi connectivity index (χ3n) is 3.91. The minimum absolute atomic E-state index is 0.0198. The van der Waals surface area contributed by atoms with Gasteiger partial charge in [-0.3, -0.25) is 9.59 Å². The van der Waals surface area contributed by atoms with E-state index >= 15 is 0 Å². The summed E-state index contributed by atoms with van der Waals surface area (Å²) in [6, 6.07) is 9.32. The fourth-order valence-electron chi connectivity index (χ4n) is 2.59. The van der Waals surface area contributed by atoms with Crippen molar-refractivity contribution in [3.8, 4) is 5.75 Å². The second-order valence-corrected chi connectivity index (χ2v) is 6.86. The number of benzene rings is 1. The molecule has 1 fully saturated rings. The monoisotopic (exact) mass is 337 g/mol. The van der Waals surface area contributed by atoms with Crippen molar-refractivity contribution < 1.29 is 19.4 Å². The average molecular weight is 337 g/mol. The lowest BCUT2D eigenvalue weighted by Gasteiger charge is -2.36. The predicted molar refractivity (Wildman–Crippen MR) is 90.8 cm³/mol. The first-order valence-corrected chi connectivity index (χ1v) is 9.01. The largest absolute Gasteiger partial charge is 0.494 e. The van der Waals surface area contributed by atoms with Crippen LogP contribution in [0.4, 0.5) is 0 Å². The molecule has 2 atom stereocenters. The number of rotatable bonds is 7. The Balaban J connectivity index is 1.83. The van der Waals surface area contributed by atoms with Crippen LogP contribution in [0.25, 0.3) is 0 Å². The lowest BCUT2D eigenvalue weighted by atomic mass is 10.0. The minimum atomic E-state index is -0.852. The van der Waals surface area contributed by atoms with Crippen molar-refractivity contribution in [3.63, 3.8) is 0 Å². The Kier molecular flexibility index (Phi) is 6.77. The first kappa shape index (κ1) is 17.7. The zero-order valence-corrected chi connectivity index (χ0v) is 14.1. The Morgan fingerprint density at radius 3 is 2.83 bits per heavy atom. The summed E-state index contributed by atoms with van der Waals surface area (Å²) in [6.07, 6.45) is 0.642. The highest BCUT2D eigenvalue weighted by Gasteiger charge is 2.31. The summed E-state index contributed by atoms with van der Waals surface area (Å²) in [7, 11) is 0. The van der Waals surface area contributed by atoms with Gasteiger partial charge in [0.1, 0.15) is 5.75 Å². The standard InChI is InChI=1S/C17H23NO4S/c1-13(7-9-22-15-5-3-2-4-6-15)17(21)18-8-10-23-12-14(18)11-16(19)20/h2-6,13-14H,7-12H2,1H3,(H,19,20). The zero-order valence-electron chi connectivity index (χ0n) is 13.3. The fourth-order valence-corrected chi connectivity index (χ4v) is 3.65. The normalized spacial score (nSPS) is 19.2. The number of thioether (sulfide) groups is 1. The number of amides is 1. The van der Waals surface area contributed by atoms with E-state index in [0.717, 1.165) is 11.5 Å². The van der Waals surface area contributed by atoms with Gasteiger partial charge in [-0.25, -0.2) is 0 Å². The van der Waals surface area contributed by atoms with Crippen LogP contribution < -0.4 is 4.74 Å². The third-order valence-corrected chi connectivity index (χ3v) is 5.00. The number of hydrogen-bond donors (Lipinski definition) is 1. The van der Waals surface area contributed by atoms with Crippen LogP contribution in [0.1, 0.15) is 19.8 Å². The molecule has 1 saturated heterocycles. The maximum atomic E-state index is 12.6. The molecule has 0 spiro atoms. The Labute approximate surface area is 141 Å². The second kappa shape index (κ2) is 8.82. The molecule has 0 aromatic heterocycles. The predicted octanol–water partition coefficient (Wildman–Crippen LogP) is 2.51. The van der Waals surface area contributed by atoms with E-state index in [0.29, 0.717) is 25.3 Å². The number of carbonyl (C=O) groups excluding carboxylic acids is 1. The second-order valence-electron chi connectivity index (χ2n) is 5.71. The van der Waals surface area contributed by atoms with Crippen LogP contribution in [0.5, 0.6) is 5.75 Å². The van der Waals surface area contributed by atoms with Crippen molar-refractivity contribution in [2.45, 2.75) is 25.8 Å². The Morgan fingerprint density at radius 1 is 1.39 bits per heavy atom. The molecule has 1 amide bonds. The van der Waals surface area contributed by atoms with E-state index in [9.17, 15) is 9.59 Å². The van der Waals surface area contributed by atoms with Gasteiger partial charge in [0.2, 0.25) is 5.91 Å². The van der Waals surface area contributed by atoms with Crippen molar-refractivity contribution in [3.05, 3.63) is 30.3 Å². The number of carboxylic acids is 1. The molecule has 1 N–H and O–H groups in total. The molecule has 1 aromatic carbocycles. The number of nitrogens with zero attached hydrogens (tertiary/aromatic N) is 1. The van der Waals surface area contributed by atoms with Crippen LogP contribution in [0.15, 0.2) is 30.3 Å². The molecule has 2 rings (SSSR count). The number of hydrogen-bond acceptors (Lipinski definition) is 4. The van der Waals surface area contributed by atoms with Crippen molar-refractivity contribution in [1.82, 2.24) is 4.90 Å². The van der Waals surface area contributed by atoms with Gasteiger partial charge in [0.25, 0.3) is 0 Å². The lowest BCUT2D eigenvalue weighted by molar-refractivity contribution is -0.142. The van der Waals surface area contributed by atoms with Crippen LogP contribution in [0.3, 0.4) is 0 Å². The molecular weight excluding hydrogens is 314 g/mol. The van der Waals surface area contributed by atoms with Gasteiger partial charge >= 0.3 is 5.97 Å². The maximum Gasteiger partial charge on any atom is 0.305 e. The van der Waals surface area contributed by atoms with Crippen LogP contribution in [0.2, 0.25) is 0 Å². The van der Waals surface area contributed by atoms with E-state index in [1.807, 2.05) is 37.3 Å². The molecule has 2 unspecified atom stereocenters. The fraction of sp³-hybridized carbons (Fsp3) is 0.529. The van der Waals surface area contributed by atoms with Crippen LogP contribution in [-0.4, -0.2) is 52.6 Å². The molecule has 0 radical (unpaired) electrons. The summed E-state index contributed by atoms with van der Waals surface area (Å²) >= 11 is 1.71. The molecule has 6 heteroatoms. The molecule has 1 heterocycles. The van der Waals surface area contributed by atoms with Gasteiger partial charge in [0.15, 0.2) is 0 Å². The number of aliphatic carboxylic acids is 1. The Hall–Kier alpha value is -1.69. The number of para-hydroxylation sites is 1. The summed E-state index contributed by atoms with van der Waals surface area (Å²) in [4.78, 5) is 25.3. The van der Waals surface area contributed by atoms with Gasteiger partial charge in [0.05, 0.1) is 19.1 Å². The third kappa shape index (κ3) is 5.46. The van der Waals surface area contributed by atoms with Crippen molar-refractivity contribution in [2.24, 2.45) is 5.92 Å². The zero-order chi connectivity index (χ0) is 16.7. The molecule has 1 aliphatic heterocycles. The van der Waals surface area contributed by atoms with E-state index in [1.54, 1.807) is 16.7 Å². The van der Waals surface area contributed by atoms with Crippen molar-refractivity contribution in [2.75, 3.05) is 24.7 Å². The quantitative estimate of drug-likeness (QED) is 0.828. The van der Waals surface area contributed by atoms with Crippen LogP contribution in [-0.2, 0) is 9.59 Å². The Morgan fingerprint density at radius 2 is 2.13 bits per heavy atom. The van der Waals surface area contributed by atoms with Crippen molar-refractivity contribution in [1.29, 1.82) is 0 Å². The molecule has 0 saturated carbocycles. The van der Waals surface area contributed by atoms with Gasteiger partial charge in [-0.1, -0.05) is 25.1 Å². The SMILES string of the molecule is CC(CCOc1ccccc1)C(=O)N1CCSCC1CC(=O)O. The summed E-state index contributed by atoms with van der Waals surface area (Å²) in [6.45, 7) is 2.99. The van der Waals surface area contributed by atoms with Crippen LogP contribution in [0, 0.1) is 5.92 Å². The summed E-state index contributed by atoms with van der Waals surface area (Å²) in [5.41, 5.74) is 0.